The lowest BCUT2D eigenvalue weighted by Crippen LogP contribution is -2.22. The summed E-state index contributed by atoms with van der Waals surface area (Å²) in [7, 11) is 1.54. The first-order valence-corrected chi connectivity index (χ1v) is 12.9. The molecule has 36 heavy (non-hydrogen) atoms. The molecule has 9 heteroatoms. The first-order chi connectivity index (χ1) is 17.4. The molecule has 0 N–H and O–H groups in total. The van der Waals surface area contributed by atoms with Gasteiger partial charge in [0.15, 0.2) is 11.5 Å². The fraction of sp³-hybridized carbons (Fsp3) is 0.222. The number of benzene rings is 3. The van der Waals surface area contributed by atoms with Crippen molar-refractivity contribution in [3.8, 4) is 11.5 Å². The number of rotatable bonds is 9. The van der Waals surface area contributed by atoms with E-state index in [0.717, 1.165) is 22.9 Å². The highest BCUT2D eigenvalue weighted by atomic mass is 79.9. The van der Waals surface area contributed by atoms with Crippen LogP contribution in [0.3, 0.4) is 0 Å². The molecule has 0 fully saturated rings. The molecule has 0 atom stereocenters. The van der Waals surface area contributed by atoms with E-state index < -0.39 is 0 Å². The van der Waals surface area contributed by atoms with Gasteiger partial charge in [-0.3, -0.25) is 4.79 Å². The van der Waals surface area contributed by atoms with Gasteiger partial charge in [-0.05, 0) is 48.4 Å². The SMILES string of the molecule is CCCCc1nc2ccc(Br)cc2c(=O)n1N=Cc1cc(Cl)cc(OC)c1OCc1ccc(Cl)cc1. The molecular weight excluding hydrogens is 565 g/mol. The van der Waals surface area contributed by atoms with E-state index in [0.29, 0.717) is 50.3 Å². The van der Waals surface area contributed by atoms with Gasteiger partial charge in [0, 0.05) is 32.6 Å². The van der Waals surface area contributed by atoms with Crippen LogP contribution in [0.4, 0.5) is 0 Å². The number of hydrogen-bond donors (Lipinski definition) is 0. The van der Waals surface area contributed by atoms with Gasteiger partial charge in [0.1, 0.15) is 12.4 Å². The third kappa shape index (κ3) is 6.09. The Morgan fingerprint density at radius 2 is 1.86 bits per heavy atom. The van der Waals surface area contributed by atoms with E-state index in [1.165, 1.54) is 4.68 Å². The van der Waals surface area contributed by atoms with Gasteiger partial charge >= 0.3 is 0 Å². The first-order valence-electron chi connectivity index (χ1n) is 11.4. The molecule has 0 aliphatic rings. The molecule has 1 heterocycles. The Bertz CT molecular complexity index is 1470. The summed E-state index contributed by atoms with van der Waals surface area (Å²) in [5.74, 6) is 1.50. The van der Waals surface area contributed by atoms with E-state index in [-0.39, 0.29) is 12.2 Å². The number of methoxy groups -OCH3 is 1. The highest BCUT2D eigenvalue weighted by Crippen LogP contribution is 2.34. The standard InChI is InChI=1S/C27H24BrCl2N3O3/c1-3-4-5-25-32-23-11-8-19(28)13-22(23)27(34)33(25)31-15-18-12-21(30)14-24(35-2)26(18)36-16-17-6-9-20(29)10-7-17/h6-15H,3-5,16H2,1-2H3. The summed E-state index contributed by atoms with van der Waals surface area (Å²) in [6.07, 6.45) is 4.01. The monoisotopic (exact) mass is 587 g/mol. The number of aryl methyl sites for hydroxylation is 1. The number of aromatic nitrogens is 2. The van der Waals surface area contributed by atoms with Crippen LogP contribution in [0.5, 0.6) is 11.5 Å². The average Bonchev–Trinajstić information content (AvgIpc) is 2.87. The zero-order valence-corrected chi connectivity index (χ0v) is 22.9. The zero-order chi connectivity index (χ0) is 25.7. The minimum atomic E-state index is -0.249. The highest BCUT2D eigenvalue weighted by Gasteiger charge is 2.14. The Morgan fingerprint density at radius 3 is 2.58 bits per heavy atom. The topological polar surface area (TPSA) is 65.7 Å². The predicted molar refractivity (Wildman–Crippen MR) is 149 cm³/mol. The molecule has 0 unspecified atom stereocenters. The van der Waals surface area contributed by atoms with Gasteiger partial charge in [0.05, 0.1) is 24.2 Å². The Balaban J connectivity index is 1.77. The van der Waals surface area contributed by atoms with Crippen molar-refractivity contribution in [3.63, 3.8) is 0 Å². The van der Waals surface area contributed by atoms with Crippen molar-refractivity contribution in [2.75, 3.05) is 7.11 Å². The molecule has 4 aromatic rings. The molecule has 0 saturated carbocycles. The minimum absolute atomic E-state index is 0.249. The second-order valence-electron chi connectivity index (χ2n) is 8.10. The minimum Gasteiger partial charge on any atom is -0.493 e. The van der Waals surface area contributed by atoms with Crippen molar-refractivity contribution in [1.29, 1.82) is 0 Å². The largest absolute Gasteiger partial charge is 0.493 e. The van der Waals surface area contributed by atoms with Gasteiger partial charge in [0.2, 0.25) is 0 Å². The Labute approximate surface area is 227 Å². The molecule has 0 amide bonds. The number of ether oxygens (including phenoxy) is 2. The lowest BCUT2D eigenvalue weighted by atomic mass is 10.2. The van der Waals surface area contributed by atoms with E-state index >= 15 is 0 Å². The molecule has 6 nitrogen and oxygen atoms in total. The average molecular weight is 589 g/mol. The lowest BCUT2D eigenvalue weighted by molar-refractivity contribution is 0.284. The quantitative estimate of drug-likeness (QED) is 0.193. The summed E-state index contributed by atoms with van der Waals surface area (Å²) in [5.41, 5.74) is 1.89. The van der Waals surface area contributed by atoms with Crippen LogP contribution in [0.2, 0.25) is 10.0 Å². The van der Waals surface area contributed by atoms with Crippen molar-refractivity contribution in [3.05, 3.63) is 96.4 Å². The highest BCUT2D eigenvalue weighted by molar-refractivity contribution is 9.10. The third-order valence-corrected chi connectivity index (χ3v) is 6.47. The van der Waals surface area contributed by atoms with E-state index in [9.17, 15) is 4.79 Å². The smallest absolute Gasteiger partial charge is 0.282 e. The lowest BCUT2D eigenvalue weighted by Gasteiger charge is -2.14. The molecule has 4 rings (SSSR count). The van der Waals surface area contributed by atoms with Crippen LogP contribution in [-0.4, -0.2) is 23.0 Å². The summed E-state index contributed by atoms with van der Waals surface area (Å²) in [6.45, 7) is 2.37. The molecule has 0 spiro atoms. The Morgan fingerprint density at radius 1 is 1.08 bits per heavy atom. The van der Waals surface area contributed by atoms with Gasteiger partial charge in [-0.15, -0.1) is 0 Å². The van der Waals surface area contributed by atoms with E-state index in [4.69, 9.17) is 37.7 Å². The fourth-order valence-corrected chi connectivity index (χ4v) is 4.36. The molecule has 186 valence electrons. The number of nitrogens with zero attached hydrogens (tertiary/aromatic N) is 3. The molecule has 0 aliphatic heterocycles. The van der Waals surface area contributed by atoms with Crippen LogP contribution in [0.25, 0.3) is 10.9 Å². The van der Waals surface area contributed by atoms with Crippen molar-refractivity contribution < 1.29 is 9.47 Å². The van der Waals surface area contributed by atoms with Gasteiger partial charge in [-0.25, -0.2) is 4.98 Å². The molecule has 0 aliphatic carbocycles. The summed E-state index contributed by atoms with van der Waals surface area (Å²) in [6, 6.07) is 16.2. The summed E-state index contributed by atoms with van der Waals surface area (Å²) in [5, 5.41) is 6.12. The second kappa shape index (κ2) is 11.9. The van der Waals surface area contributed by atoms with Crippen LogP contribution in [-0.2, 0) is 13.0 Å². The summed E-state index contributed by atoms with van der Waals surface area (Å²) >= 11 is 15.8. The Kier molecular flexibility index (Phi) is 8.67. The molecule has 1 aromatic heterocycles. The predicted octanol–water partition coefficient (Wildman–Crippen LogP) is 7.28. The normalized spacial score (nSPS) is 11.4. The summed E-state index contributed by atoms with van der Waals surface area (Å²) < 4.78 is 13.8. The van der Waals surface area contributed by atoms with Crippen LogP contribution in [0.1, 0.15) is 36.7 Å². The maximum Gasteiger partial charge on any atom is 0.282 e. The molecule has 3 aromatic carbocycles. The van der Waals surface area contributed by atoms with Crippen molar-refractivity contribution >= 4 is 56.2 Å². The maximum absolute atomic E-state index is 13.4. The van der Waals surface area contributed by atoms with E-state index in [1.807, 2.05) is 24.3 Å². The summed E-state index contributed by atoms with van der Waals surface area (Å²) in [4.78, 5) is 18.1. The van der Waals surface area contributed by atoms with Crippen LogP contribution >= 0.6 is 39.1 Å². The molecule has 0 radical (unpaired) electrons. The third-order valence-electron chi connectivity index (χ3n) is 5.51. The van der Waals surface area contributed by atoms with Gasteiger partial charge in [-0.2, -0.15) is 9.78 Å². The molecule has 0 saturated heterocycles. The number of halogens is 3. The number of fused-ring (bicyclic) bond motifs is 1. The van der Waals surface area contributed by atoms with Gasteiger partial charge < -0.3 is 9.47 Å². The van der Waals surface area contributed by atoms with Gasteiger partial charge in [-0.1, -0.05) is 64.6 Å². The van der Waals surface area contributed by atoms with Crippen LogP contribution in [0, 0.1) is 0 Å². The molecular formula is C27H24BrCl2N3O3. The van der Waals surface area contributed by atoms with Crippen LogP contribution in [0.15, 0.2) is 69.0 Å². The van der Waals surface area contributed by atoms with E-state index in [1.54, 1.807) is 43.7 Å². The number of hydrogen-bond acceptors (Lipinski definition) is 5. The van der Waals surface area contributed by atoms with Crippen molar-refractivity contribution in [2.24, 2.45) is 5.10 Å². The Hall–Kier alpha value is -2.87. The van der Waals surface area contributed by atoms with Crippen molar-refractivity contribution in [1.82, 2.24) is 9.66 Å². The second-order valence-corrected chi connectivity index (χ2v) is 9.88. The fourth-order valence-electron chi connectivity index (χ4n) is 3.66. The first kappa shape index (κ1) is 26.2. The van der Waals surface area contributed by atoms with Gasteiger partial charge in [0.25, 0.3) is 5.56 Å². The van der Waals surface area contributed by atoms with Crippen LogP contribution < -0.4 is 15.0 Å². The maximum atomic E-state index is 13.4. The van der Waals surface area contributed by atoms with Crippen molar-refractivity contribution in [2.45, 2.75) is 32.8 Å². The van der Waals surface area contributed by atoms with E-state index in [2.05, 4.69) is 28.0 Å². The zero-order valence-electron chi connectivity index (χ0n) is 19.8. The molecule has 0 bridgehead atoms. The number of unbranched alkanes of at least 4 members (excludes halogenated alkanes) is 1.